The Bertz CT molecular complexity index is 1260. The van der Waals surface area contributed by atoms with E-state index in [1.165, 1.54) is 50.9 Å². The van der Waals surface area contributed by atoms with Crippen LogP contribution in [-0.2, 0) is 11.2 Å². The molecule has 1 saturated heterocycles. The van der Waals surface area contributed by atoms with E-state index in [4.69, 9.17) is 4.74 Å². The topological polar surface area (TPSA) is 29.5 Å². The number of nitrogens with zero attached hydrogens (tertiary/aromatic N) is 1. The minimum Gasteiger partial charge on any atom is -0.448 e. The molecule has 2 unspecified atom stereocenters. The van der Waals surface area contributed by atoms with E-state index >= 15 is 0 Å². The van der Waals surface area contributed by atoms with Gasteiger partial charge in [-0.2, -0.15) is 0 Å². The molecule has 0 saturated carbocycles. The molecule has 0 N–H and O–H groups in total. The SMILES string of the molecule is Cc1cccc(CC2=CC3CCCC(C2)N3C(=O)OCC2c3ccccc3-c3ccccc32)c1C. The Morgan fingerprint density at radius 3 is 2.34 bits per heavy atom. The van der Waals surface area contributed by atoms with E-state index in [1.54, 1.807) is 0 Å². The van der Waals surface area contributed by atoms with E-state index in [0.29, 0.717) is 6.61 Å². The molecule has 178 valence electrons. The van der Waals surface area contributed by atoms with E-state index in [1.807, 2.05) is 4.90 Å². The van der Waals surface area contributed by atoms with E-state index in [0.717, 1.165) is 25.7 Å². The third-order valence-corrected chi connectivity index (χ3v) is 8.40. The predicted molar refractivity (Wildman–Crippen MR) is 141 cm³/mol. The Morgan fingerprint density at radius 2 is 1.63 bits per heavy atom. The first-order valence-corrected chi connectivity index (χ1v) is 13.0. The van der Waals surface area contributed by atoms with Crippen LogP contribution in [0.2, 0.25) is 0 Å². The van der Waals surface area contributed by atoms with Crippen LogP contribution in [0.1, 0.15) is 59.4 Å². The van der Waals surface area contributed by atoms with Crippen molar-refractivity contribution in [3.63, 3.8) is 0 Å². The van der Waals surface area contributed by atoms with Crippen molar-refractivity contribution in [2.45, 2.75) is 64.0 Å². The van der Waals surface area contributed by atoms with Crippen LogP contribution in [0, 0.1) is 13.8 Å². The fraction of sp³-hybridized carbons (Fsp3) is 0.344. The van der Waals surface area contributed by atoms with Crippen molar-refractivity contribution < 1.29 is 9.53 Å². The van der Waals surface area contributed by atoms with Gasteiger partial charge in [-0.1, -0.05) is 78.4 Å². The molecular formula is C32H33NO2. The summed E-state index contributed by atoms with van der Waals surface area (Å²) in [7, 11) is 0. The van der Waals surface area contributed by atoms with Gasteiger partial charge < -0.3 is 4.74 Å². The molecule has 3 heteroatoms. The lowest BCUT2D eigenvalue weighted by Gasteiger charge is -2.44. The number of carbonyl (C=O) groups excluding carboxylic acids is 1. The minimum absolute atomic E-state index is 0.103. The lowest BCUT2D eigenvalue weighted by Crippen LogP contribution is -2.52. The van der Waals surface area contributed by atoms with Gasteiger partial charge in [0.15, 0.2) is 0 Å². The second-order valence-corrected chi connectivity index (χ2v) is 10.4. The smallest absolute Gasteiger partial charge is 0.410 e. The summed E-state index contributed by atoms with van der Waals surface area (Å²) in [6.07, 6.45) is 7.41. The number of benzene rings is 3. The average molecular weight is 464 g/mol. The van der Waals surface area contributed by atoms with Crippen molar-refractivity contribution in [1.29, 1.82) is 0 Å². The fourth-order valence-corrected chi connectivity index (χ4v) is 6.45. The molecule has 2 heterocycles. The van der Waals surface area contributed by atoms with Gasteiger partial charge >= 0.3 is 6.09 Å². The number of fused-ring (bicyclic) bond motifs is 5. The second-order valence-electron chi connectivity index (χ2n) is 10.4. The summed E-state index contributed by atoms with van der Waals surface area (Å²) < 4.78 is 6.06. The highest BCUT2D eigenvalue weighted by molar-refractivity contribution is 5.79. The van der Waals surface area contributed by atoms with Gasteiger partial charge in [-0.25, -0.2) is 4.79 Å². The van der Waals surface area contributed by atoms with Crippen molar-refractivity contribution in [3.8, 4) is 11.1 Å². The van der Waals surface area contributed by atoms with Crippen LogP contribution in [-0.4, -0.2) is 29.7 Å². The Labute approximate surface area is 208 Å². The quantitative estimate of drug-likeness (QED) is 0.379. The molecule has 0 spiro atoms. The number of aryl methyl sites for hydroxylation is 1. The summed E-state index contributed by atoms with van der Waals surface area (Å²) in [5, 5.41) is 0. The van der Waals surface area contributed by atoms with E-state index < -0.39 is 0 Å². The van der Waals surface area contributed by atoms with Crippen LogP contribution in [0.3, 0.4) is 0 Å². The first-order valence-electron chi connectivity index (χ1n) is 13.0. The summed E-state index contributed by atoms with van der Waals surface area (Å²) >= 11 is 0. The van der Waals surface area contributed by atoms with Crippen LogP contribution in [0.25, 0.3) is 11.1 Å². The van der Waals surface area contributed by atoms with Gasteiger partial charge in [0.1, 0.15) is 6.61 Å². The number of piperidine rings is 1. The molecule has 3 aliphatic rings. The number of hydrogen-bond donors (Lipinski definition) is 0. The Kier molecular flexibility index (Phi) is 5.72. The molecule has 2 aliphatic heterocycles. The van der Waals surface area contributed by atoms with Crippen molar-refractivity contribution in [2.24, 2.45) is 0 Å². The molecule has 0 aromatic heterocycles. The highest BCUT2D eigenvalue weighted by Gasteiger charge is 2.39. The van der Waals surface area contributed by atoms with Gasteiger partial charge in [0.05, 0.1) is 6.04 Å². The molecule has 0 radical (unpaired) electrons. The number of amides is 1. The van der Waals surface area contributed by atoms with Gasteiger partial charge in [0.25, 0.3) is 0 Å². The second kappa shape index (κ2) is 9.03. The lowest BCUT2D eigenvalue weighted by atomic mass is 9.83. The molecule has 3 nitrogen and oxygen atoms in total. The van der Waals surface area contributed by atoms with E-state index in [-0.39, 0.29) is 24.1 Å². The summed E-state index contributed by atoms with van der Waals surface area (Å²) in [5.74, 6) is 0.103. The maximum atomic E-state index is 13.4. The highest BCUT2D eigenvalue weighted by Crippen LogP contribution is 2.45. The molecule has 3 aromatic rings. The average Bonchev–Trinajstić information content (AvgIpc) is 3.18. The van der Waals surface area contributed by atoms with Gasteiger partial charge in [0.2, 0.25) is 0 Å². The summed E-state index contributed by atoms with van der Waals surface area (Å²) in [4.78, 5) is 15.5. The van der Waals surface area contributed by atoms with Crippen LogP contribution in [0.5, 0.6) is 0 Å². The van der Waals surface area contributed by atoms with Crippen LogP contribution in [0.4, 0.5) is 4.79 Å². The Morgan fingerprint density at radius 1 is 0.914 bits per heavy atom. The van der Waals surface area contributed by atoms with E-state index in [2.05, 4.69) is 86.7 Å². The zero-order chi connectivity index (χ0) is 23.9. The monoisotopic (exact) mass is 463 g/mol. The zero-order valence-corrected chi connectivity index (χ0v) is 20.7. The van der Waals surface area contributed by atoms with Crippen LogP contribution < -0.4 is 0 Å². The maximum Gasteiger partial charge on any atom is 0.410 e. The fourth-order valence-electron chi connectivity index (χ4n) is 6.45. The number of rotatable bonds is 4. The lowest BCUT2D eigenvalue weighted by molar-refractivity contribution is 0.0509. The number of hydrogen-bond acceptors (Lipinski definition) is 2. The molecule has 6 rings (SSSR count). The Hall–Kier alpha value is -3.33. The van der Waals surface area contributed by atoms with Crippen molar-refractivity contribution >= 4 is 6.09 Å². The minimum atomic E-state index is -0.149. The number of carbonyl (C=O) groups is 1. The first kappa shape index (κ1) is 22.2. The molecular weight excluding hydrogens is 430 g/mol. The summed E-state index contributed by atoms with van der Waals surface area (Å²) in [5.41, 5.74) is 10.7. The van der Waals surface area contributed by atoms with Gasteiger partial charge in [0, 0.05) is 12.0 Å². The highest BCUT2D eigenvalue weighted by atomic mass is 16.6. The molecule has 2 atom stereocenters. The molecule has 1 fully saturated rings. The summed E-state index contributed by atoms with van der Waals surface area (Å²) in [6.45, 7) is 4.79. The van der Waals surface area contributed by atoms with E-state index in [9.17, 15) is 4.79 Å². The third-order valence-electron chi connectivity index (χ3n) is 8.40. The number of ether oxygens (including phenoxy) is 1. The van der Waals surface area contributed by atoms with Crippen molar-refractivity contribution in [2.75, 3.05) is 6.61 Å². The van der Waals surface area contributed by atoms with Crippen LogP contribution >= 0.6 is 0 Å². The molecule has 1 amide bonds. The van der Waals surface area contributed by atoms with Gasteiger partial charge in [-0.15, -0.1) is 0 Å². The normalized spacial score (nSPS) is 20.7. The van der Waals surface area contributed by atoms with Crippen molar-refractivity contribution in [1.82, 2.24) is 4.90 Å². The van der Waals surface area contributed by atoms with Gasteiger partial charge in [-0.05, 0) is 84.9 Å². The molecule has 3 aromatic carbocycles. The molecule has 1 aliphatic carbocycles. The largest absolute Gasteiger partial charge is 0.448 e. The third kappa shape index (κ3) is 3.97. The molecule has 35 heavy (non-hydrogen) atoms. The standard InChI is InChI=1S/C32H33NO2/c1-21-9-7-10-24(22(21)2)17-23-18-25-11-8-12-26(19-23)33(25)32(34)35-20-31-29-15-5-3-13-27(29)28-14-4-6-16-30(28)31/h3-7,9-10,13-16,18,25-26,31H,8,11-12,17,19-20H2,1-2H3. The summed E-state index contributed by atoms with van der Waals surface area (Å²) in [6, 6.07) is 24.0. The van der Waals surface area contributed by atoms with Gasteiger partial charge in [-0.3, -0.25) is 4.90 Å². The molecule has 2 bridgehead atoms. The first-order chi connectivity index (χ1) is 17.1. The van der Waals surface area contributed by atoms with Crippen LogP contribution in [0.15, 0.2) is 78.4 Å². The van der Waals surface area contributed by atoms with Crippen molar-refractivity contribution in [3.05, 3.63) is 106 Å². The maximum absolute atomic E-state index is 13.4. The Balaban J connectivity index is 1.19. The predicted octanol–water partition coefficient (Wildman–Crippen LogP) is 7.35. The zero-order valence-electron chi connectivity index (χ0n) is 20.7.